The van der Waals surface area contributed by atoms with Crippen molar-refractivity contribution in [3.05, 3.63) is 41.5 Å². The van der Waals surface area contributed by atoms with Gasteiger partial charge in [0.1, 0.15) is 0 Å². The fourth-order valence-electron chi connectivity index (χ4n) is 1.95. The number of hydrogen-bond donors (Lipinski definition) is 2. The molecule has 0 unspecified atom stereocenters. The van der Waals surface area contributed by atoms with Gasteiger partial charge in [-0.05, 0) is 23.1 Å². The minimum Gasteiger partial charge on any atom is -0.479 e. The molecule has 18 heavy (non-hydrogen) atoms. The van der Waals surface area contributed by atoms with Crippen molar-refractivity contribution >= 4 is 11.5 Å². The number of aliphatic hydroxyl groups is 1. The first-order chi connectivity index (χ1) is 8.66. The van der Waals surface area contributed by atoms with E-state index in [0.717, 1.165) is 24.2 Å². The van der Waals surface area contributed by atoms with E-state index in [0.29, 0.717) is 6.61 Å². The number of carboxylic acid groups (broad SMARTS) is 1. The van der Waals surface area contributed by atoms with Crippen LogP contribution in [0.15, 0.2) is 30.3 Å². The summed E-state index contributed by atoms with van der Waals surface area (Å²) in [5.74, 6) is -1.19. The fourth-order valence-corrected chi connectivity index (χ4v) is 1.95. The Morgan fingerprint density at radius 2 is 2.06 bits per heavy atom. The van der Waals surface area contributed by atoms with Crippen LogP contribution in [0.3, 0.4) is 0 Å². The van der Waals surface area contributed by atoms with Crippen LogP contribution in [0.1, 0.15) is 17.5 Å². The summed E-state index contributed by atoms with van der Waals surface area (Å²) in [4.78, 5) is 10.5. The maximum absolute atomic E-state index is 10.5. The molecule has 1 aromatic rings. The first-order valence-corrected chi connectivity index (χ1v) is 5.94. The number of aliphatic carboxylic acids is 1. The average molecular weight is 248 g/mol. The van der Waals surface area contributed by atoms with Gasteiger partial charge < -0.3 is 14.9 Å². The highest BCUT2D eigenvalue weighted by molar-refractivity contribution is 5.72. The minimum atomic E-state index is -1.34. The molecular weight excluding hydrogens is 232 g/mol. The van der Waals surface area contributed by atoms with Gasteiger partial charge in [0.25, 0.3) is 0 Å². The summed E-state index contributed by atoms with van der Waals surface area (Å²) in [5, 5.41) is 17.9. The van der Waals surface area contributed by atoms with Crippen LogP contribution >= 0.6 is 0 Å². The molecule has 2 rings (SSSR count). The first kappa shape index (κ1) is 12.8. The average Bonchev–Trinajstić information content (AvgIpc) is 2.40. The van der Waals surface area contributed by atoms with Crippen molar-refractivity contribution in [1.29, 1.82) is 0 Å². The largest absolute Gasteiger partial charge is 0.479 e. The molecule has 1 atom stereocenters. The van der Waals surface area contributed by atoms with Gasteiger partial charge in [-0.15, -0.1) is 0 Å². The van der Waals surface area contributed by atoms with Crippen molar-refractivity contribution in [3.8, 4) is 0 Å². The van der Waals surface area contributed by atoms with E-state index in [-0.39, 0.29) is 6.42 Å². The van der Waals surface area contributed by atoms with Gasteiger partial charge in [-0.3, -0.25) is 0 Å². The summed E-state index contributed by atoms with van der Waals surface area (Å²) in [5.41, 5.74) is 3.21. The summed E-state index contributed by atoms with van der Waals surface area (Å²) in [6, 6.07) is 7.64. The zero-order valence-electron chi connectivity index (χ0n) is 10.0. The number of benzene rings is 1. The first-order valence-electron chi connectivity index (χ1n) is 5.94. The molecule has 0 aliphatic carbocycles. The molecule has 0 radical (unpaired) electrons. The van der Waals surface area contributed by atoms with Crippen molar-refractivity contribution < 1.29 is 19.7 Å². The van der Waals surface area contributed by atoms with Crippen LogP contribution in [-0.4, -0.2) is 35.5 Å². The van der Waals surface area contributed by atoms with Gasteiger partial charge in [0, 0.05) is 6.42 Å². The number of ether oxygens (including phenoxy) is 1. The number of rotatable bonds is 4. The Bertz CT molecular complexity index is 447. The van der Waals surface area contributed by atoms with Crippen molar-refractivity contribution in [2.45, 2.75) is 18.9 Å². The standard InChI is InChI=1S/C14H16O4/c15-13(14(16)17)9-10-1-3-11(4-2-10)12-5-7-18-8-6-12/h1-5,13,15H,6-9H2,(H,16,17)/t13-/m1/s1. The number of hydrogen-bond acceptors (Lipinski definition) is 3. The molecule has 4 nitrogen and oxygen atoms in total. The molecule has 1 aromatic carbocycles. The topological polar surface area (TPSA) is 66.8 Å². The number of carbonyl (C=O) groups is 1. The van der Waals surface area contributed by atoms with E-state index in [1.54, 1.807) is 0 Å². The lowest BCUT2D eigenvalue weighted by Gasteiger charge is -2.14. The summed E-state index contributed by atoms with van der Waals surface area (Å²) < 4.78 is 5.25. The van der Waals surface area contributed by atoms with E-state index in [1.165, 1.54) is 5.57 Å². The van der Waals surface area contributed by atoms with E-state index in [4.69, 9.17) is 9.84 Å². The maximum Gasteiger partial charge on any atom is 0.332 e. The predicted molar refractivity (Wildman–Crippen MR) is 67.2 cm³/mol. The third-order valence-electron chi connectivity index (χ3n) is 3.00. The highest BCUT2D eigenvalue weighted by Gasteiger charge is 2.13. The summed E-state index contributed by atoms with van der Waals surface area (Å²) in [6.45, 7) is 1.39. The Labute approximate surface area is 106 Å². The number of aliphatic hydroxyl groups excluding tert-OH is 1. The molecule has 2 N–H and O–H groups in total. The molecule has 1 heterocycles. The van der Waals surface area contributed by atoms with Gasteiger partial charge in [0.15, 0.2) is 6.10 Å². The highest BCUT2D eigenvalue weighted by atomic mass is 16.5. The molecule has 0 bridgehead atoms. The van der Waals surface area contributed by atoms with Crippen molar-refractivity contribution in [2.24, 2.45) is 0 Å². The zero-order valence-corrected chi connectivity index (χ0v) is 10.0. The SMILES string of the molecule is O=C(O)[C@H](O)Cc1ccc(C2=CCOCC2)cc1. The van der Waals surface area contributed by atoms with Crippen LogP contribution in [-0.2, 0) is 16.0 Å². The molecule has 1 aliphatic rings. The Balaban J connectivity index is 2.05. The third-order valence-corrected chi connectivity index (χ3v) is 3.00. The van der Waals surface area contributed by atoms with E-state index in [1.807, 2.05) is 24.3 Å². The fraction of sp³-hybridized carbons (Fsp3) is 0.357. The van der Waals surface area contributed by atoms with Crippen molar-refractivity contribution in [1.82, 2.24) is 0 Å². The maximum atomic E-state index is 10.5. The normalized spacial score (nSPS) is 17.1. The summed E-state index contributed by atoms with van der Waals surface area (Å²) in [7, 11) is 0. The van der Waals surface area contributed by atoms with E-state index < -0.39 is 12.1 Å². The van der Waals surface area contributed by atoms with Crippen LogP contribution < -0.4 is 0 Å². The van der Waals surface area contributed by atoms with Crippen LogP contribution in [0.4, 0.5) is 0 Å². The van der Waals surface area contributed by atoms with Gasteiger partial charge in [-0.1, -0.05) is 30.3 Å². The molecule has 0 saturated carbocycles. The Morgan fingerprint density at radius 1 is 1.33 bits per heavy atom. The molecule has 96 valence electrons. The van der Waals surface area contributed by atoms with Crippen molar-refractivity contribution in [3.63, 3.8) is 0 Å². The number of carboxylic acids is 1. The molecule has 1 aliphatic heterocycles. The molecular formula is C14H16O4. The Hall–Kier alpha value is -1.65. The van der Waals surface area contributed by atoms with E-state index in [9.17, 15) is 9.90 Å². The highest BCUT2D eigenvalue weighted by Crippen LogP contribution is 2.21. The third kappa shape index (κ3) is 3.18. The van der Waals surface area contributed by atoms with Crippen molar-refractivity contribution in [2.75, 3.05) is 13.2 Å². The van der Waals surface area contributed by atoms with Gasteiger partial charge in [0.2, 0.25) is 0 Å². The van der Waals surface area contributed by atoms with Gasteiger partial charge in [-0.2, -0.15) is 0 Å². The lowest BCUT2D eigenvalue weighted by molar-refractivity contribution is -0.146. The monoisotopic (exact) mass is 248 g/mol. The van der Waals surface area contributed by atoms with Gasteiger partial charge in [0.05, 0.1) is 13.2 Å². The van der Waals surface area contributed by atoms with Crippen LogP contribution in [0, 0.1) is 0 Å². The molecule has 0 spiro atoms. The van der Waals surface area contributed by atoms with E-state index >= 15 is 0 Å². The zero-order chi connectivity index (χ0) is 13.0. The second-order valence-corrected chi connectivity index (χ2v) is 4.31. The lowest BCUT2D eigenvalue weighted by Crippen LogP contribution is -2.21. The smallest absolute Gasteiger partial charge is 0.332 e. The molecule has 0 saturated heterocycles. The Morgan fingerprint density at radius 3 is 2.61 bits per heavy atom. The summed E-state index contributed by atoms with van der Waals surface area (Å²) in [6.07, 6.45) is 1.76. The van der Waals surface area contributed by atoms with E-state index in [2.05, 4.69) is 6.08 Å². The molecule has 4 heteroatoms. The second-order valence-electron chi connectivity index (χ2n) is 4.31. The molecule has 0 fully saturated rings. The lowest BCUT2D eigenvalue weighted by atomic mass is 9.99. The molecule has 0 amide bonds. The van der Waals surface area contributed by atoms with Crippen LogP contribution in [0.2, 0.25) is 0 Å². The predicted octanol–water partition coefficient (Wildman–Crippen LogP) is 1.48. The summed E-state index contributed by atoms with van der Waals surface area (Å²) >= 11 is 0. The van der Waals surface area contributed by atoms with Gasteiger partial charge >= 0.3 is 5.97 Å². The van der Waals surface area contributed by atoms with Crippen LogP contribution in [0.5, 0.6) is 0 Å². The molecule has 0 aromatic heterocycles. The minimum absolute atomic E-state index is 0.137. The van der Waals surface area contributed by atoms with Gasteiger partial charge in [-0.25, -0.2) is 4.79 Å². The quantitative estimate of drug-likeness (QED) is 0.847. The van der Waals surface area contributed by atoms with Crippen LogP contribution in [0.25, 0.3) is 5.57 Å². The Kier molecular flexibility index (Phi) is 4.12. The second kappa shape index (κ2) is 5.80.